The first-order chi connectivity index (χ1) is 10.2. The van der Waals surface area contributed by atoms with Crippen LogP contribution in [0.4, 0.5) is 5.69 Å². The zero-order chi connectivity index (χ0) is 14.7. The maximum atomic E-state index is 11.8. The summed E-state index contributed by atoms with van der Waals surface area (Å²) in [6.45, 7) is 2.57. The van der Waals surface area contributed by atoms with E-state index in [1.54, 1.807) is 0 Å². The molecule has 2 aliphatic heterocycles. The van der Waals surface area contributed by atoms with Crippen LogP contribution in [0.5, 0.6) is 0 Å². The zero-order valence-corrected chi connectivity index (χ0v) is 12.2. The highest BCUT2D eigenvalue weighted by molar-refractivity contribution is 5.94. The highest BCUT2D eigenvalue weighted by atomic mass is 16.1. The van der Waals surface area contributed by atoms with Gasteiger partial charge in [-0.3, -0.25) is 9.79 Å². The van der Waals surface area contributed by atoms with Gasteiger partial charge in [-0.15, -0.1) is 0 Å². The van der Waals surface area contributed by atoms with Gasteiger partial charge in [-0.25, -0.2) is 0 Å². The molecule has 0 spiro atoms. The summed E-state index contributed by atoms with van der Waals surface area (Å²) >= 11 is 0. The minimum Gasteiger partial charge on any atom is -0.370 e. The zero-order valence-electron chi connectivity index (χ0n) is 12.2. The van der Waals surface area contributed by atoms with E-state index >= 15 is 0 Å². The number of hydrogen-bond donors (Lipinski definition) is 2. The molecule has 5 nitrogen and oxygen atoms in total. The number of rotatable bonds is 2. The van der Waals surface area contributed by atoms with E-state index in [2.05, 4.69) is 21.3 Å². The van der Waals surface area contributed by atoms with Crippen molar-refractivity contribution in [2.24, 2.45) is 10.7 Å². The maximum Gasteiger partial charge on any atom is 0.225 e. The van der Waals surface area contributed by atoms with Crippen LogP contribution in [-0.4, -0.2) is 36.4 Å². The van der Waals surface area contributed by atoms with Gasteiger partial charge in [0.05, 0.1) is 6.54 Å². The number of piperidine rings is 1. The van der Waals surface area contributed by atoms with Crippen molar-refractivity contribution < 1.29 is 4.79 Å². The molecule has 112 valence electrons. The molecule has 1 aromatic rings. The lowest BCUT2D eigenvalue weighted by Gasteiger charge is -2.28. The van der Waals surface area contributed by atoms with Crippen LogP contribution in [-0.2, 0) is 4.79 Å². The van der Waals surface area contributed by atoms with Gasteiger partial charge in [0.25, 0.3) is 0 Å². The number of benzene rings is 1. The number of nitrogens with two attached hydrogens (primary N) is 1. The molecule has 0 aromatic heterocycles. The Balaban J connectivity index is 1.71. The maximum absolute atomic E-state index is 11.8. The first-order valence-electron chi connectivity index (χ1n) is 7.67. The van der Waals surface area contributed by atoms with E-state index in [0.717, 1.165) is 24.3 Å². The molecule has 1 aromatic carbocycles. The lowest BCUT2D eigenvalue weighted by Crippen LogP contribution is -2.41. The third-order valence-corrected chi connectivity index (χ3v) is 4.26. The number of amides is 1. The van der Waals surface area contributed by atoms with Crippen molar-refractivity contribution in [3.8, 4) is 0 Å². The van der Waals surface area contributed by atoms with Crippen molar-refractivity contribution in [3.05, 3.63) is 29.8 Å². The van der Waals surface area contributed by atoms with Crippen LogP contribution < -0.4 is 11.1 Å². The number of nitrogens with zero attached hydrogens (tertiary/aromatic N) is 2. The smallest absolute Gasteiger partial charge is 0.225 e. The number of nitrogens with one attached hydrogen (secondary N) is 1. The SMILES string of the molecule is NC(=NCC1CC(=O)Nc2ccccc21)N1CCCCC1. The molecule has 2 aliphatic rings. The van der Waals surface area contributed by atoms with Crippen molar-refractivity contribution in [1.82, 2.24) is 4.90 Å². The molecule has 1 amide bonds. The Morgan fingerprint density at radius 1 is 1.29 bits per heavy atom. The van der Waals surface area contributed by atoms with Gasteiger partial charge in [0.2, 0.25) is 5.91 Å². The van der Waals surface area contributed by atoms with Gasteiger partial charge < -0.3 is 16.0 Å². The molecule has 1 unspecified atom stereocenters. The molecule has 0 radical (unpaired) electrons. The summed E-state index contributed by atoms with van der Waals surface area (Å²) in [4.78, 5) is 18.5. The highest BCUT2D eigenvalue weighted by Gasteiger charge is 2.24. The van der Waals surface area contributed by atoms with Crippen molar-refractivity contribution in [2.75, 3.05) is 25.0 Å². The number of para-hydroxylation sites is 1. The summed E-state index contributed by atoms with van der Waals surface area (Å²) in [6, 6.07) is 7.94. The van der Waals surface area contributed by atoms with Gasteiger partial charge >= 0.3 is 0 Å². The summed E-state index contributed by atoms with van der Waals surface area (Å²) in [5, 5.41) is 2.91. The second kappa shape index (κ2) is 6.16. The second-order valence-electron chi connectivity index (χ2n) is 5.78. The third-order valence-electron chi connectivity index (χ3n) is 4.26. The van der Waals surface area contributed by atoms with Crippen LogP contribution in [0, 0.1) is 0 Å². The standard InChI is InChI=1S/C16H22N4O/c17-16(20-8-4-1-5-9-20)18-11-12-10-15(21)19-14-7-3-2-6-13(12)14/h2-3,6-7,12H,1,4-5,8-11H2,(H2,17,18)(H,19,21). The normalized spacial score (nSPS) is 22.7. The molecular formula is C16H22N4O. The number of guanidine groups is 1. The van der Waals surface area contributed by atoms with Gasteiger partial charge in [0.15, 0.2) is 5.96 Å². The Morgan fingerprint density at radius 2 is 2.05 bits per heavy atom. The molecule has 0 aliphatic carbocycles. The number of carbonyl (C=O) groups excluding carboxylic acids is 1. The molecule has 3 N–H and O–H groups in total. The molecule has 2 heterocycles. The fraction of sp³-hybridized carbons (Fsp3) is 0.500. The van der Waals surface area contributed by atoms with Crippen molar-refractivity contribution in [2.45, 2.75) is 31.6 Å². The summed E-state index contributed by atoms with van der Waals surface area (Å²) in [5.41, 5.74) is 8.16. The molecule has 0 saturated carbocycles. The summed E-state index contributed by atoms with van der Waals surface area (Å²) in [6.07, 6.45) is 4.13. The van der Waals surface area contributed by atoms with Crippen molar-refractivity contribution in [1.29, 1.82) is 0 Å². The fourth-order valence-corrected chi connectivity index (χ4v) is 3.09. The minimum atomic E-state index is 0.0606. The molecule has 3 rings (SSSR count). The van der Waals surface area contributed by atoms with E-state index in [1.165, 1.54) is 19.3 Å². The highest BCUT2D eigenvalue weighted by Crippen LogP contribution is 2.32. The summed E-state index contributed by atoms with van der Waals surface area (Å²) in [5.74, 6) is 0.807. The summed E-state index contributed by atoms with van der Waals surface area (Å²) < 4.78 is 0. The van der Waals surface area contributed by atoms with Crippen LogP contribution in [0.1, 0.15) is 37.2 Å². The average molecular weight is 286 g/mol. The molecule has 1 fully saturated rings. The van der Waals surface area contributed by atoms with E-state index in [9.17, 15) is 4.79 Å². The number of hydrogen-bond acceptors (Lipinski definition) is 2. The van der Waals surface area contributed by atoms with Crippen LogP contribution in [0.3, 0.4) is 0 Å². The van der Waals surface area contributed by atoms with Gasteiger partial charge in [0.1, 0.15) is 0 Å². The number of likely N-dealkylation sites (tertiary alicyclic amines) is 1. The summed E-state index contributed by atoms with van der Waals surface area (Å²) in [7, 11) is 0. The fourth-order valence-electron chi connectivity index (χ4n) is 3.09. The molecule has 5 heteroatoms. The predicted octanol–water partition coefficient (Wildman–Crippen LogP) is 1.91. The van der Waals surface area contributed by atoms with Crippen LogP contribution in [0.2, 0.25) is 0 Å². The molecule has 21 heavy (non-hydrogen) atoms. The molecule has 1 saturated heterocycles. The molecular weight excluding hydrogens is 264 g/mol. The van der Waals surface area contributed by atoms with E-state index in [-0.39, 0.29) is 11.8 Å². The van der Waals surface area contributed by atoms with Gasteiger partial charge in [-0.05, 0) is 30.9 Å². The van der Waals surface area contributed by atoms with Crippen molar-refractivity contribution >= 4 is 17.6 Å². The Kier molecular flexibility index (Phi) is 4.08. The molecule has 0 bridgehead atoms. The average Bonchev–Trinajstić information content (AvgIpc) is 2.53. The number of carbonyl (C=O) groups is 1. The van der Waals surface area contributed by atoms with Gasteiger partial charge in [0, 0.05) is 31.1 Å². The first-order valence-corrected chi connectivity index (χ1v) is 7.67. The second-order valence-corrected chi connectivity index (χ2v) is 5.78. The van der Waals surface area contributed by atoms with Crippen LogP contribution in [0.15, 0.2) is 29.3 Å². The third kappa shape index (κ3) is 3.17. The minimum absolute atomic E-state index is 0.0606. The van der Waals surface area contributed by atoms with E-state index < -0.39 is 0 Å². The Bertz CT molecular complexity index is 549. The molecule has 1 atom stereocenters. The monoisotopic (exact) mass is 286 g/mol. The Hall–Kier alpha value is -2.04. The van der Waals surface area contributed by atoms with E-state index in [1.807, 2.05) is 18.2 Å². The Morgan fingerprint density at radius 3 is 2.86 bits per heavy atom. The van der Waals surface area contributed by atoms with E-state index in [4.69, 9.17) is 5.73 Å². The van der Waals surface area contributed by atoms with Gasteiger partial charge in [-0.1, -0.05) is 18.2 Å². The lowest BCUT2D eigenvalue weighted by atomic mass is 9.91. The van der Waals surface area contributed by atoms with Crippen LogP contribution in [0.25, 0.3) is 0 Å². The quantitative estimate of drug-likeness (QED) is 0.644. The number of anilines is 1. The lowest BCUT2D eigenvalue weighted by molar-refractivity contribution is -0.116. The number of fused-ring (bicyclic) bond motifs is 1. The van der Waals surface area contributed by atoms with Crippen LogP contribution >= 0.6 is 0 Å². The predicted molar refractivity (Wildman–Crippen MR) is 84.3 cm³/mol. The van der Waals surface area contributed by atoms with Crippen molar-refractivity contribution in [3.63, 3.8) is 0 Å². The van der Waals surface area contributed by atoms with Gasteiger partial charge in [-0.2, -0.15) is 0 Å². The first kappa shape index (κ1) is 13.9. The Labute approximate surface area is 125 Å². The number of aliphatic imine (C=N–C) groups is 1. The van der Waals surface area contributed by atoms with E-state index in [0.29, 0.717) is 18.9 Å². The largest absolute Gasteiger partial charge is 0.370 e. The topological polar surface area (TPSA) is 70.7 Å².